The lowest BCUT2D eigenvalue weighted by Crippen LogP contribution is -2.14. The minimum absolute atomic E-state index is 0.00766. The molecule has 3 heterocycles. The first-order chi connectivity index (χ1) is 14.3. The summed E-state index contributed by atoms with van der Waals surface area (Å²) in [5.74, 6) is -0.673. The Kier molecular flexibility index (Phi) is 5.12. The lowest BCUT2D eigenvalue weighted by atomic mass is 10.2. The number of amides is 1. The first-order valence-electron chi connectivity index (χ1n) is 8.40. The molecule has 0 aliphatic carbocycles. The van der Waals surface area contributed by atoms with Crippen molar-refractivity contribution in [2.75, 3.05) is 5.32 Å². The summed E-state index contributed by atoms with van der Waals surface area (Å²) < 4.78 is 43.4. The van der Waals surface area contributed by atoms with Crippen molar-refractivity contribution in [3.63, 3.8) is 0 Å². The van der Waals surface area contributed by atoms with E-state index in [1.165, 1.54) is 52.2 Å². The van der Waals surface area contributed by atoms with Gasteiger partial charge in [0.05, 0.1) is 33.5 Å². The Morgan fingerprint density at radius 2 is 1.87 bits per heavy atom. The van der Waals surface area contributed by atoms with Gasteiger partial charge in [-0.1, -0.05) is 29.3 Å². The van der Waals surface area contributed by atoms with E-state index in [1.54, 1.807) is 6.07 Å². The lowest BCUT2D eigenvalue weighted by Gasteiger charge is -2.10. The topological polar surface area (TPSA) is 77.1 Å². The van der Waals surface area contributed by atoms with E-state index < -0.39 is 17.8 Å². The fourth-order valence-corrected chi connectivity index (χ4v) is 3.53. The van der Waals surface area contributed by atoms with Crippen LogP contribution in [0.15, 0.2) is 49.2 Å². The van der Waals surface area contributed by atoms with Crippen LogP contribution in [0.5, 0.6) is 0 Å². The van der Waals surface area contributed by atoms with Gasteiger partial charge in [-0.05, 0) is 24.3 Å². The maximum atomic E-state index is 13.6. The molecule has 4 rings (SSSR count). The van der Waals surface area contributed by atoms with Crippen LogP contribution < -0.4 is 5.32 Å². The van der Waals surface area contributed by atoms with Crippen molar-refractivity contribution in [3.8, 4) is 0 Å². The second-order valence-corrected chi connectivity index (χ2v) is 6.98. The molecule has 154 valence electrons. The van der Waals surface area contributed by atoms with E-state index in [0.717, 1.165) is 0 Å². The number of imidazole rings is 1. The molecule has 0 unspecified atom stereocenters. The molecule has 1 amide bonds. The second-order valence-electron chi connectivity index (χ2n) is 6.16. The monoisotopic (exact) mass is 454 g/mol. The van der Waals surface area contributed by atoms with Gasteiger partial charge in [-0.25, -0.2) is 14.6 Å². The molecular formula is C18H11Cl2F3N6O. The maximum absolute atomic E-state index is 13.6. The fourth-order valence-electron chi connectivity index (χ4n) is 2.96. The van der Waals surface area contributed by atoms with Gasteiger partial charge in [0.15, 0.2) is 11.3 Å². The smallest absolute Gasteiger partial charge is 0.319 e. The predicted octanol–water partition coefficient (Wildman–Crippen LogP) is 4.55. The van der Waals surface area contributed by atoms with Gasteiger partial charge in [0.1, 0.15) is 12.7 Å². The van der Waals surface area contributed by atoms with E-state index >= 15 is 0 Å². The number of halogens is 5. The molecule has 4 aromatic rings. The van der Waals surface area contributed by atoms with E-state index in [0.29, 0.717) is 0 Å². The first-order valence-corrected chi connectivity index (χ1v) is 9.16. The van der Waals surface area contributed by atoms with Gasteiger partial charge in [0.25, 0.3) is 5.91 Å². The van der Waals surface area contributed by atoms with E-state index in [9.17, 15) is 18.0 Å². The van der Waals surface area contributed by atoms with Crippen molar-refractivity contribution in [1.29, 1.82) is 0 Å². The normalized spacial score (nSPS) is 11.8. The van der Waals surface area contributed by atoms with Crippen LogP contribution in [0, 0.1) is 0 Å². The highest BCUT2D eigenvalue weighted by molar-refractivity contribution is 6.40. The van der Waals surface area contributed by atoms with Crippen LogP contribution in [0.2, 0.25) is 10.0 Å². The molecule has 0 fully saturated rings. The van der Waals surface area contributed by atoms with E-state index in [4.69, 9.17) is 23.2 Å². The molecule has 0 atom stereocenters. The molecule has 0 aliphatic rings. The van der Waals surface area contributed by atoms with Gasteiger partial charge in [-0.3, -0.25) is 9.20 Å². The Morgan fingerprint density at radius 3 is 2.50 bits per heavy atom. The predicted molar refractivity (Wildman–Crippen MR) is 104 cm³/mol. The summed E-state index contributed by atoms with van der Waals surface area (Å²) in [6.45, 7) is -0.219. The van der Waals surface area contributed by atoms with Gasteiger partial charge in [0.2, 0.25) is 0 Å². The third-order valence-corrected chi connectivity index (χ3v) is 4.86. The number of nitrogens with zero attached hydrogens (tertiary/aromatic N) is 5. The number of carbonyl (C=O) groups is 1. The summed E-state index contributed by atoms with van der Waals surface area (Å²) in [6.07, 6.45) is -0.780. The van der Waals surface area contributed by atoms with Crippen LogP contribution in [0.25, 0.3) is 5.65 Å². The summed E-state index contributed by atoms with van der Waals surface area (Å²) in [7, 11) is 0. The van der Waals surface area contributed by atoms with Gasteiger partial charge in [-0.15, -0.1) is 0 Å². The highest BCUT2D eigenvalue weighted by Gasteiger charge is 2.38. The van der Waals surface area contributed by atoms with E-state index in [-0.39, 0.29) is 39.2 Å². The maximum Gasteiger partial charge on any atom is 0.435 e. The number of hydrogen-bond donors (Lipinski definition) is 1. The average molecular weight is 455 g/mol. The summed E-state index contributed by atoms with van der Waals surface area (Å²) in [4.78, 5) is 20.2. The Morgan fingerprint density at radius 1 is 1.13 bits per heavy atom. The number of hydrogen-bond acceptors (Lipinski definition) is 4. The van der Waals surface area contributed by atoms with Gasteiger partial charge in [0, 0.05) is 6.20 Å². The zero-order valence-corrected chi connectivity index (χ0v) is 16.4. The van der Waals surface area contributed by atoms with Gasteiger partial charge in [-0.2, -0.15) is 18.3 Å². The molecule has 3 aromatic heterocycles. The van der Waals surface area contributed by atoms with E-state index in [2.05, 4.69) is 20.4 Å². The third-order valence-electron chi connectivity index (χ3n) is 4.23. The highest BCUT2D eigenvalue weighted by Crippen LogP contribution is 2.34. The number of nitrogens with one attached hydrogen (secondary N) is 1. The molecular weight excluding hydrogens is 444 g/mol. The molecule has 0 saturated heterocycles. The minimum atomic E-state index is -4.71. The number of benzene rings is 1. The van der Waals surface area contributed by atoms with Crippen LogP contribution in [0.1, 0.15) is 21.7 Å². The zero-order chi connectivity index (χ0) is 21.5. The molecule has 0 saturated carbocycles. The highest BCUT2D eigenvalue weighted by atomic mass is 35.5. The molecule has 0 bridgehead atoms. The molecule has 12 heteroatoms. The number of aromatic nitrogens is 5. The summed E-state index contributed by atoms with van der Waals surface area (Å²) in [6, 6.07) is 7.46. The van der Waals surface area contributed by atoms with Crippen LogP contribution in [0.3, 0.4) is 0 Å². The Hall–Kier alpha value is -3.11. The second kappa shape index (κ2) is 7.62. The number of anilines is 1. The van der Waals surface area contributed by atoms with Crippen molar-refractivity contribution >= 4 is 40.4 Å². The Balaban J connectivity index is 1.80. The molecule has 1 N–H and O–H groups in total. The summed E-state index contributed by atoms with van der Waals surface area (Å²) >= 11 is 12.1. The molecule has 30 heavy (non-hydrogen) atoms. The van der Waals surface area contributed by atoms with Crippen LogP contribution in [0.4, 0.5) is 18.9 Å². The molecule has 0 spiro atoms. The van der Waals surface area contributed by atoms with Gasteiger partial charge >= 0.3 is 6.18 Å². The number of carbonyl (C=O) groups excluding carboxylic acids is 1. The quantitative estimate of drug-likeness (QED) is 0.490. The number of pyridine rings is 1. The summed E-state index contributed by atoms with van der Waals surface area (Å²) in [5.41, 5.74) is -1.26. The van der Waals surface area contributed by atoms with Crippen molar-refractivity contribution in [1.82, 2.24) is 24.1 Å². The van der Waals surface area contributed by atoms with Gasteiger partial charge < -0.3 is 5.32 Å². The van der Waals surface area contributed by atoms with Crippen molar-refractivity contribution < 1.29 is 18.0 Å². The Bertz CT molecular complexity index is 1220. The third kappa shape index (κ3) is 3.71. The molecule has 0 radical (unpaired) electrons. The van der Waals surface area contributed by atoms with Crippen LogP contribution in [-0.4, -0.2) is 30.1 Å². The van der Waals surface area contributed by atoms with Crippen molar-refractivity contribution in [3.05, 3.63) is 76.2 Å². The number of alkyl halides is 3. The average Bonchev–Trinajstić information content (AvgIpc) is 3.30. The first kappa shape index (κ1) is 20.2. The molecule has 0 aliphatic heterocycles. The van der Waals surface area contributed by atoms with Crippen molar-refractivity contribution in [2.24, 2.45) is 0 Å². The Labute approximate surface area is 177 Å². The zero-order valence-electron chi connectivity index (χ0n) is 14.9. The minimum Gasteiger partial charge on any atom is -0.319 e. The SMILES string of the molecule is O=C(Nc1cccn2c(Cn3cncn3)c(C(F)(F)F)nc12)c1c(Cl)cccc1Cl. The number of rotatable bonds is 4. The van der Waals surface area contributed by atoms with Crippen molar-refractivity contribution in [2.45, 2.75) is 12.7 Å². The standard InChI is InChI=1S/C18H11Cl2F3N6O/c19-10-3-1-4-11(20)14(10)17(30)26-12-5-2-6-29-13(7-28-9-24-8-25-28)15(18(21,22)23)27-16(12)29/h1-6,8-9H,7H2,(H,26,30). The van der Waals surface area contributed by atoms with E-state index in [1.807, 2.05) is 0 Å². The molecule has 1 aromatic carbocycles. The fraction of sp³-hybridized carbons (Fsp3) is 0.111. The largest absolute Gasteiger partial charge is 0.435 e. The molecule has 7 nitrogen and oxygen atoms in total. The van der Waals surface area contributed by atoms with Crippen LogP contribution >= 0.6 is 23.2 Å². The summed E-state index contributed by atoms with van der Waals surface area (Å²) in [5, 5.41) is 6.61. The lowest BCUT2D eigenvalue weighted by molar-refractivity contribution is -0.141. The number of fused-ring (bicyclic) bond motifs is 1. The van der Waals surface area contributed by atoms with Crippen LogP contribution in [-0.2, 0) is 12.7 Å².